The fourth-order valence-corrected chi connectivity index (χ4v) is 3.67. The highest BCUT2D eigenvalue weighted by Gasteiger charge is 2.37. The number of aliphatic carboxylic acids is 1. The summed E-state index contributed by atoms with van der Waals surface area (Å²) in [5, 5.41) is 23.9. The van der Waals surface area contributed by atoms with E-state index in [0.29, 0.717) is 19.4 Å². The van der Waals surface area contributed by atoms with Gasteiger partial charge in [0.15, 0.2) is 0 Å². The van der Waals surface area contributed by atoms with E-state index >= 15 is 0 Å². The van der Waals surface area contributed by atoms with Gasteiger partial charge in [-0.15, -0.1) is 0 Å². The number of hydrogen-bond acceptors (Lipinski definition) is 6. The lowest BCUT2D eigenvalue weighted by Crippen LogP contribution is -2.57. The summed E-state index contributed by atoms with van der Waals surface area (Å²) in [6, 6.07) is 2.66. The first kappa shape index (κ1) is 25.1. The average Bonchev–Trinajstić information content (AvgIpc) is 3.22. The summed E-state index contributed by atoms with van der Waals surface area (Å²) in [4.78, 5) is 50.7. The van der Waals surface area contributed by atoms with Crippen LogP contribution in [0.2, 0.25) is 0 Å². The number of amides is 3. The molecule has 0 aliphatic carbocycles. The van der Waals surface area contributed by atoms with Gasteiger partial charge in [0.1, 0.15) is 23.9 Å². The number of carboxylic acids is 1. The summed E-state index contributed by atoms with van der Waals surface area (Å²) >= 11 is 0. The monoisotopic (exact) mass is 448 g/mol. The highest BCUT2D eigenvalue weighted by molar-refractivity contribution is 5.94. The van der Waals surface area contributed by atoms with Gasteiger partial charge in [0, 0.05) is 6.54 Å². The summed E-state index contributed by atoms with van der Waals surface area (Å²) in [7, 11) is 0. The number of carboxylic acid groups (broad SMARTS) is 1. The Morgan fingerprint density at radius 3 is 2.28 bits per heavy atom. The van der Waals surface area contributed by atoms with Crippen LogP contribution in [0.15, 0.2) is 24.3 Å². The second-order valence-corrected chi connectivity index (χ2v) is 8.47. The predicted octanol–water partition coefficient (Wildman–Crippen LogP) is -0.0169. The number of nitrogens with zero attached hydrogens (tertiary/aromatic N) is 1. The maximum absolute atomic E-state index is 12.8. The Balaban J connectivity index is 1.97. The third-order valence-electron chi connectivity index (χ3n) is 5.53. The summed E-state index contributed by atoms with van der Waals surface area (Å²) in [5.41, 5.74) is 6.75. The van der Waals surface area contributed by atoms with Gasteiger partial charge in [-0.25, -0.2) is 4.79 Å². The lowest BCUT2D eigenvalue weighted by molar-refractivity contribution is -0.149. The molecule has 1 aliphatic rings. The Kier molecular flexibility index (Phi) is 8.59. The molecule has 4 unspecified atom stereocenters. The first-order valence-electron chi connectivity index (χ1n) is 10.7. The molecule has 0 saturated carbocycles. The topological polar surface area (TPSA) is 162 Å². The summed E-state index contributed by atoms with van der Waals surface area (Å²) in [5.74, 6) is -2.77. The number of nitrogens with two attached hydrogens (primary N) is 1. The number of aromatic hydroxyl groups is 1. The number of phenols is 1. The van der Waals surface area contributed by atoms with Crippen molar-refractivity contribution < 1.29 is 29.4 Å². The van der Waals surface area contributed by atoms with Gasteiger partial charge in [-0.3, -0.25) is 14.4 Å². The van der Waals surface area contributed by atoms with Gasteiger partial charge in [-0.1, -0.05) is 26.0 Å². The molecule has 1 heterocycles. The molecule has 10 nitrogen and oxygen atoms in total. The minimum Gasteiger partial charge on any atom is -0.508 e. The van der Waals surface area contributed by atoms with E-state index in [2.05, 4.69) is 10.6 Å². The number of carbonyl (C=O) groups is 4. The number of carbonyl (C=O) groups excluding carboxylic acids is 3. The van der Waals surface area contributed by atoms with Crippen LogP contribution in [-0.2, 0) is 25.6 Å². The van der Waals surface area contributed by atoms with Gasteiger partial charge in [-0.05, 0) is 49.8 Å². The van der Waals surface area contributed by atoms with E-state index in [0.717, 1.165) is 5.56 Å². The van der Waals surface area contributed by atoms with Gasteiger partial charge in [0.25, 0.3) is 0 Å². The molecule has 2 rings (SSSR count). The van der Waals surface area contributed by atoms with Crippen molar-refractivity contribution in [2.75, 3.05) is 6.54 Å². The zero-order valence-corrected chi connectivity index (χ0v) is 18.6. The van der Waals surface area contributed by atoms with Crippen molar-refractivity contribution in [1.29, 1.82) is 0 Å². The molecule has 1 aromatic carbocycles. The van der Waals surface area contributed by atoms with Crippen LogP contribution in [-0.4, -0.2) is 69.5 Å². The van der Waals surface area contributed by atoms with Gasteiger partial charge >= 0.3 is 5.97 Å². The molecule has 10 heteroatoms. The van der Waals surface area contributed by atoms with Crippen LogP contribution in [0.3, 0.4) is 0 Å². The molecular weight excluding hydrogens is 416 g/mol. The predicted molar refractivity (Wildman–Crippen MR) is 117 cm³/mol. The van der Waals surface area contributed by atoms with Crippen LogP contribution in [0, 0.1) is 5.92 Å². The molecule has 1 aromatic rings. The Hall–Kier alpha value is -3.14. The van der Waals surface area contributed by atoms with Crippen LogP contribution in [0.1, 0.15) is 39.2 Å². The zero-order valence-electron chi connectivity index (χ0n) is 18.6. The fourth-order valence-electron chi connectivity index (χ4n) is 3.67. The smallest absolute Gasteiger partial charge is 0.326 e. The fraction of sp³-hybridized carbons (Fsp3) is 0.545. The number of rotatable bonds is 9. The molecule has 1 fully saturated rings. The third-order valence-corrected chi connectivity index (χ3v) is 5.53. The highest BCUT2D eigenvalue weighted by Crippen LogP contribution is 2.18. The van der Waals surface area contributed by atoms with Crippen molar-refractivity contribution in [3.05, 3.63) is 29.8 Å². The van der Waals surface area contributed by atoms with Crippen molar-refractivity contribution in [1.82, 2.24) is 15.5 Å². The Labute approximate surface area is 187 Å². The lowest BCUT2D eigenvalue weighted by atomic mass is 10.0. The molecule has 0 bridgehead atoms. The minimum absolute atomic E-state index is 0.107. The first-order chi connectivity index (χ1) is 15.0. The molecular formula is C22H32N4O6. The van der Waals surface area contributed by atoms with E-state index in [9.17, 15) is 29.4 Å². The number of nitrogens with one attached hydrogen (secondary N) is 2. The highest BCUT2D eigenvalue weighted by atomic mass is 16.4. The zero-order chi connectivity index (χ0) is 24.0. The van der Waals surface area contributed by atoms with Crippen molar-refractivity contribution in [3.63, 3.8) is 0 Å². The SMILES string of the molecule is CC(NC(=O)C(NC(=O)C(N)Cc1ccc(O)cc1)C(C)C)C(=O)N1CCCC1C(=O)O. The van der Waals surface area contributed by atoms with E-state index in [1.807, 2.05) is 0 Å². The van der Waals surface area contributed by atoms with Crippen molar-refractivity contribution in [2.45, 2.75) is 64.2 Å². The van der Waals surface area contributed by atoms with Crippen LogP contribution in [0.5, 0.6) is 5.75 Å². The van der Waals surface area contributed by atoms with Gasteiger partial charge in [0.05, 0.1) is 6.04 Å². The van der Waals surface area contributed by atoms with E-state index in [4.69, 9.17) is 5.73 Å². The quantitative estimate of drug-likeness (QED) is 0.355. The normalized spacial score (nSPS) is 18.7. The van der Waals surface area contributed by atoms with Crippen LogP contribution >= 0.6 is 0 Å². The van der Waals surface area contributed by atoms with Crippen LogP contribution < -0.4 is 16.4 Å². The second kappa shape index (κ2) is 10.9. The first-order valence-corrected chi connectivity index (χ1v) is 10.7. The molecule has 3 amide bonds. The van der Waals surface area contributed by atoms with E-state index < -0.39 is 47.9 Å². The summed E-state index contributed by atoms with van der Waals surface area (Å²) < 4.78 is 0. The van der Waals surface area contributed by atoms with Crippen LogP contribution in [0.25, 0.3) is 0 Å². The van der Waals surface area contributed by atoms with Crippen molar-refractivity contribution in [2.24, 2.45) is 11.7 Å². The molecule has 6 N–H and O–H groups in total. The standard InChI is InChI=1S/C22H32N4O6/c1-12(2)18(25-19(28)16(23)11-14-6-8-15(27)9-7-14)20(29)24-13(3)21(30)26-10-4-5-17(26)22(31)32/h6-9,12-13,16-18,27H,4-5,10-11,23H2,1-3H3,(H,24,29)(H,25,28)(H,31,32). The Morgan fingerprint density at radius 2 is 1.72 bits per heavy atom. The van der Waals surface area contributed by atoms with Gasteiger partial charge in [-0.2, -0.15) is 0 Å². The maximum Gasteiger partial charge on any atom is 0.326 e. The van der Waals surface area contributed by atoms with E-state index in [1.54, 1.807) is 26.0 Å². The van der Waals surface area contributed by atoms with Crippen LogP contribution in [0.4, 0.5) is 0 Å². The molecule has 0 radical (unpaired) electrons. The maximum atomic E-state index is 12.8. The van der Waals surface area contributed by atoms with Gasteiger partial charge < -0.3 is 31.5 Å². The Bertz CT molecular complexity index is 841. The number of likely N-dealkylation sites (tertiary alicyclic amines) is 1. The summed E-state index contributed by atoms with van der Waals surface area (Å²) in [6.07, 6.45) is 1.19. The number of hydrogen-bond donors (Lipinski definition) is 5. The number of phenolic OH excluding ortho intramolecular Hbond substituents is 1. The van der Waals surface area contributed by atoms with Gasteiger partial charge in [0.2, 0.25) is 17.7 Å². The average molecular weight is 449 g/mol. The molecule has 4 atom stereocenters. The third kappa shape index (κ3) is 6.43. The molecule has 0 aromatic heterocycles. The lowest BCUT2D eigenvalue weighted by Gasteiger charge is -2.28. The Morgan fingerprint density at radius 1 is 1.09 bits per heavy atom. The largest absolute Gasteiger partial charge is 0.508 e. The molecule has 1 aliphatic heterocycles. The minimum atomic E-state index is -1.07. The van der Waals surface area contributed by atoms with E-state index in [1.165, 1.54) is 24.0 Å². The number of benzene rings is 1. The summed E-state index contributed by atoms with van der Waals surface area (Å²) in [6.45, 7) is 5.33. The molecule has 176 valence electrons. The molecule has 32 heavy (non-hydrogen) atoms. The van der Waals surface area contributed by atoms with Crippen molar-refractivity contribution in [3.8, 4) is 5.75 Å². The molecule has 1 saturated heterocycles. The van der Waals surface area contributed by atoms with Crippen molar-refractivity contribution >= 4 is 23.7 Å². The second-order valence-electron chi connectivity index (χ2n) is 8.47. The molecule has 0 spiro atoms. The van der Waals surface area contributed by atoms with E-state index in [-0.39, 0.29) is 18.1 Å².